The Kier molecular flexibility index (Phi) is 4.18. The fourth-order valence-corrected chi connectivity index (χ4v) is 1.93. The summed E-state index contributed by atoms with van der Waals surface area (Å²) in [6.07, 6.45) is 0. The molecule has 0 atom stereocenters. The molecule has 0 aliphatic rings. The largest absolute Gasteiger partial charge is 0.497 e. The van der Waals surface area contributed by atoms with E-state index in [-0.39, 0.29) is 11.3 Å². The third-order valence-corrected chi connectivity index (χ3v) is 3.02. The molecule has 0 aliphatic heterocycles. The van der Waals surface area contributed by atoms with Crippen molar-refractivity contribution in [1.29, 1.82) is 0 Å². The van der Waals surface area contributed by atoms with Gasteiger partial charge in [-0.15, -0.1) is 0 Å². The second-order valence-electron chi connectivity index (χ2n) is 4.21. The lowest BCUT2D eigenvalue weighted by Crippen LogP contribution is -2.05. The molecule has 0 radical (unpaired) electrons. The van der Waals surface area contributed by atoms with Crippen molar-refractivity contribution in [3.05, 3.63) is 58.1 Å². The van der Waals surface area contributed by atoms with Gasteiger partial charge in [0.05, 0.1) is 19.1 Å². The van der Waals surface area contributed by atoms with Gasteiger partial charge in [-0.3, -0.25) is 10.1 Å². The lowest BCUT2D eigenvalue weighted by molar-refractivity contribution is -0.385. The van der Waals surface area contributed by atoms with Gasteiger partial charge in [0.2, 0.25) is 0 Å². The highest BCUT2D eigenvalue weighted by Gasteiger charge is 2.21. The highest BCUT2D eigenvalue weighted by Crippen LogP contribution is 2.28. The predicted octanol–water partition coefficient (Wildman–Crippen LogP) is 3.06. The Labute approximate surface area is 121 Å². The van der Waals surface area contributed by atoms with Crippen molar-refractivity contribution in [1.82, 2.24) is 0 Å². The Hall–Kier alpha value is -2.89. The van der Waals surface area contributed by atoms with Crippen molar-refractivity contribution in [3.63, 3.8) is 0 Å². The zero-order valence-corrected chi connectivity index (χ0v) is 11.5. The van der Waals surface area contributed by atoms with Gasteiger partial charge >= 0.3 is 5.97 Å². The first-order valence-corrected chi connectivity index (χ1v) is 6.08. The summed E-state index contributed by atoms with van der Waals surface area (Å²) in [6.45, 7) is 0. The third kappa shape index (κ3) is 3.00. The number of ether oxygens (including phenoxy) is 2. The van der Waals surface area contributed by atoms with Gasteiger partial charge in [-0.2, -0.15) is 0 Å². The molecule has 0 N–H and O–H groups in total. The fourth-order valence-electron chi connectivity index (χ4n) is 1.93. The first kappa shape index (κ1) is 14.5. The van der Waals surface area contributed by atoms with Crippen LogP contribution in [0.15, 0.2) is 42.5 Å². The van der Waals surface area contributed by atoms with E-state index in [1.165, 1.54) is 19.2 Å². The molecular weight excluding hydrogens is 274 g/mol. The number of esters is 1. The minimum atomic E-state index is -0.733. The van der Waals surface area contributed by atoms with E-state index >= 15 is 0 Å². The van der Waals surface area contributed by atoms with Crippen LogP contribution < -0.4 is 4.74 Å². The number of carbonyl (C=O) groups is 1. The molecule has 0 amide bonds. The highest BCUT2D eigenvalue weighted by molar-refractivity contribution is 5.94. The van der Waals surface area contributed by atoms with Gasteiger partial charge in [-0.05, 0) is 29.3 Å². The van der Waals surface area contributed by atoms with E-state index in [1.54, 1.807) is 37.4 Å². The fraction of sp³-hybridized carbons (Fsp3) is 0.133. The Morgan fingerprint density at radius 2 is 1.67 bits per heavy atom. The summed E-state index contributed by atoms with van der Waals surface area (Å²) >= 11 is 0. The van der Waals surface area contributed by atoms with Crippen molar-refractivity contribution in [2.24, 2.45) is 0 Å². The van der Waals surface area contributed by atoms with Crippen molar-refractivity contribution in [2.45, 2.75) is 0 Å². The molecule has 0 fully saturated rings. The zero-order valence-electron chi connectivity index (χ0n) is 11.5. The van der Waals surface area contributed by atoms with E-state index < -0.39 is 10.9 Å². The van der Waals surface area contributed by atoms with Gasteiger partial charge in [0.15, 0.2) is 0 Å². The normalized spacial score (nSPS) is 10.0. The molecule has 2 aromatic carbocycles. The molecule has 2 rings (SSSR count). The summed E-state index contributed by atoms with van der Waals surface area (Å²) in [7, 11) is 2.74. The number of nitro benzene ring substituents is 1. The molecule has 21 heavy (non-hydrogen) atoms. The van der Waals surface area contributed by atoms with Crippen LogP contribution in [0.25, 0.3) is 11.1 Å². The maximum Gasteiger partial charge on any atom is 0.344 e. The summed E-state index contributed by atoms with van der Waals surface area (Å²) < 4.78 is 9.61. The van der Waals surface area contributed by atoms with Gasteiger partial charge in [-0.1, -0.05) is 18.2 Å². The SMILES string of the molecule is COC(=O)c1ccc(-c2ccc(OC)cc2)cc1[N+](=O)[O-]. The lowest BCUT2D eigenvalue weighted by atomic mass is 10.0. The van der Waals surface area contributed by atoms with Gasteiger partial charge in [-0.25, -0.2) is 4.79 Å². The summed E-state index contributed by atoms with van der Waals surface area (Å²) in [4.78, 5) is 22.0. The van der Waals surface area contributed by atoms with Crippen LogP contribution in [0.4, 0.5) is 5.69 Å². The molecule has 2 aromatic rings. The van der Waals surface area contributed by atoms with Crippen LogP contribution in [-0.2, 0) is 4.74 Å². The Balaban J connectivity index is 2.48. The van der Waals surface area contributed by atoms with Crippen LogP contribution in [0.2, 0.25) is 0 Å². The summed E-state index contributed by atoms with van der Waals surface area (Å²) in [5, 5.41) is 11.1. The van der Waals surface area contributed by atoms with Crippen LogP contribution in [0.3, 0.4) is 0 Å². The van der Waals surface area contributed by atoms with Gasteiger partial charge in [0.1, 0.15) is 11.3 Å². The number of nitro groups is 1. The molecule has 0 aliphatic carbocycles. The molecule has 6 heteroatoms. The maximum absolute atomic E-state index is 11.5. The Bertz CT molecular complexity index is 679. The predicted molar refractivity (Wildman–Crippen MR) is 76.4 cm³/mol. The number of rotatable bonds is 4. The highest BCUT2D eigenvalue weighted by atomic mass is 16.6. The Morgan fingerprint density at radius 3 is 2.19 bits per heavy atom. The second-order valence-corrected chi connectivity index (χ2v) is 4.21. The molecule has 0 bridgehead atoms. The van der Waals surface area contributed by atoms with Gasteiger partial charge < -0.3 is 9.47 Å². The van der Waals surface area contributed by atoms with E-state index in [0.29, 0.717) is 11.3 Å². The maximum atomic E-state index is 11.5. The van der Waals surface area contributed by atoms with Crippen molar-refractivity contribution >= 4 is 11.7 Å². The van der Waals surface area contributed by atoms with Crippen molar-refractivity contribution in [2.75, 3.05) is 14.2 Å². The number of hydrogen-bond acceptors (Lipinski definition) is 5. The second kappa shape index (κ2) is 6.04. The number of hydrogen-bond donors (Lipinski definition) is 0. The van der Waals surface area contributed by atoms with Gasteiger partial charge in [0, 0.05) is 6.07 Å². The van der Waals surface area contributed by atoms with E-state index in [9.17, 15) is 14.9 Å². The number of benzene rings is 2. The first-order valence-electron chi connectivity index (χ1n) is 6.08. The van der Waals surface area contributed by atoms with E-state index in [1.807, 2.05) is 0 Å². The van der Waals surface area contributed by atoms with E-state index in [0.717, 1.165) is 5.56 Å². The summed E-state index contributed by atoms with van der Waals surface area (Å²) in [5.74, 6) is -0.0394. The average Bonchev–Trinajstić information content (AvgIpc) is 2.53. The molecular formula is C15H13NO5. The summed E-state index contributed by atoms with van der Waals surface area (Å²) in [5.41, 5.74) is 1.07. The lowest BCUT2D eigenvalue weighted by Gasteiger charge is -2.06. The molecule has 0 spiro atoms. The summed E-state index contributed by atoms with van der Waals surface area (Å²) in [6, 6.07) is 11.5. The monoisotopic (exact) mass is 287 g/mol. The van der Waals surface area contributed by atoms with Crippen LogP contribution in [0, 0.1) is 10.1 Å². The number of carbonyl (C=O) groups excluding carboxylic acids is 1. The minimum Gasteiger partial charge on any atom is -0.497 e. The average molecular weight is 287 g/mol. The van der Waals surface area contributed by atoms with E-state index in [2.05, 4.69) is 4.74 Å². The van der Waals surface area contributed by atoms with E-state index in [4.69, 9.17) is 4.74 Å². The third-order valence-electron chi connectivity index (χ3n) is 3.02. The molecule has 0 unspecified atom stereocenters. The molecule has 0 saturated carbocycles. The zero-order chi connectivity index (χ0) is 15.4. The van der Waals surface area contributed by atoms with Crippen molar-refractivity contribution in [3.8, 4) is 16.9 Å². The standard InChI is InChI=1S/C15H13NO5/c1-20-12-6-3-10(4-7-12)11-5-8-13(15(17)21-2)14(9-11)16(18)19/h3-9H,1-2H3. The smallest absolute Gasteiger partial charge is 0.344 e. The molecule has 0 aromatic heterocycles. The quantitative estimate of drug-likeness (QED) is 0.490. The number of methoxy groups -OCH3 is 2. The minimum absolute atomic E-state index is 0.0697. The van der Waals surface area contributed by atoms with Crippen LogP contribution in [0.5, 0.6) is 5.75 Å². The molecule has 0 saturated heterocycles. The first-order chi connectivity index (χ1) is 10.1. The molecule has 0 heterocycles. The van der Waals surface area contributed by atoms with Crippen LogP contribution in [0.1, 0.15) is 10.4 Å². The molecule has 108 valence electrons. The van der Waals surface area contributed by atoms with Crippen LogP contribution >= 0.6 is 0 Å². The van der Waals surface area contributed by atoms with Crippen LogP contribution in [-0.4, -0.2) is 25.1 Å². The van der Waals surface area contributed by atoms with Gasteiger partial charge in [0.25, 0.3) is 5.69 Å². The molecule has 6 nitrogen and oxygen atoms in total. The topological polar surface area (TPSA) is 78.7 Å². The van der Waals surface area contributed by atoms with Crippen molar-refractivity contribution < 1.29 is 19.2 Å². The Morgan fingerprint density at radius 1 is 1.05 bits per heavy atom. The number of nitrogens with zero attached hydrogens (tertiary/aromatic N) is 1.